The highest BCUT2D eigenvalue weighted by Gasteiger charge is 2.29. The summed E-state index contributed by atoms with van der Waals surface area (Å²) in [6.45, 7) is 4.44. The number of likely N-dealkylation sites (tertiary alicyclic amines) is 1. The summed E-state index contributed by atoms with van der Waals surface area (Å²) in [4.78, 5) is 14.8. The zero-order valence-corrected chi connectivity index (χ0v) is 16.1. The molecule has 0 aliphatic carbocycles. The van der Waals surface area contributed by atoms with E-state index in [1.165, 1.54) is 0 Å². The molecule has 1 saturated heterocycles. The number of benzene rings is 2. The zero-order valence-electron chi connectivity index (χ0n) is 16.1. The Hall–Kier alpha value is -2.95. The molecule has 4 rings (SSSR count). The van der Waals surface area contributed by atoms with Crippen molar-refractivity contribution < 1.29 is 19.0 Å². The van der Waals surface area contributed by atoms with Crippen LogP contribution in [0.4, 0.5) is 0 Å². The van der Waals surface area contributed by atoms with Gasteiger partial charge in [-0.2, -0.15) is 0 Å². The van der Waals surface area contributed by atoms with E-state index in [4.69, 9.17) is 14.2 Å². The van der Waals surface area contributed by atoms with Crippen molar-refractivity contribution in [3.8, 4) is 17.2 Å². The predicted molar refractivity (Wildman–Crippen MR) is 108 cm³/mol. The molecular weight excluding hydrogens is 354 g/mol. The van der Waals surface area contributed by atoms with Gasteiger partial charge in [0.1, 0.15) is 19.0 Å². The number of fused-ring (bicyclic) bond motifs is 1. The molecule has 1 amide bonds. The predicted octanol–water partition coefficient (Wildman–Crippen LogP) is 4.23. The van der Waals surface area contributed by atoms with Crippen LogP contribution in [0.3, 0.4) is 0 Å². The summed E-state index contributed by atoms with van der Waals surface area (Å²) >= 11 is 0. The highest BCUT2D eigenvalue weighted by atomic mass is 16.6. The first-order valence-corrected chi connectivity index (χ1v) is 9.86. The van der Waals surface area contributed by atoms with Gasteiger partial charge in [0, 0.05) is 18.2 Å². The number of ether oxygens (including phenoxy) is 3. The SMILES string of the molecule is CCOc1ccccc1C=CC(=O)N1CCCC1c1ccc2c(c1)OCCO2. The first kappa shape index (κ1) is 18.4. The molecule has 1 fully saturated rings. The van der Waals surface area contributed by atoms with Gasteiger partial charge in [0.05, 0.1) is 12.6 Å². The van der Waals surface area contributed by atoms with E-state index < -0.39 is 0 Å². The van der Waals surface area contributed by atoms with Gasteiger partial charge < -0.3 is 19.1 Å². The van der Waals surface area contributed by atoms with Gasteiger partial charge in [-0.05, 0) is 49.6 Å². The number of hydrogen-bond donors (Lipinski definition) is 0. The molecule has 5 nitrogen and oxygen atoms in total. The van der Waals surface area contributed by atoms with Crippen molar-refractivity contribution in [1.29, 1.82) is 0 Å². The van der Waals surface area contributed by atoms with E-state index in [2.05, 4.69) is 0 Å². The average molecular weight is 379 g/mol. The standard InChI is InChI=1S/C23H25NO4/c1-2-26-20-8-4-3-6-17(20)10-12-23(25)24-13-5-7-19(24)18-9-11-21-22(16-18)28-15-14-27-21/h3-4,6,8-12,16,19H,2,5,7,13-15H2,1H3. The molecule has 1 unspecified atom stereocenters. The van der Waals surface area contributed by atoms with E-state index >= 15 is 0 Å². The fraction of sp³-hybridized carbons (Fsp3) is 0.348. The molecule has 1 atom stereocenters. The van der Waals surface area contributed by atoms with Crippen molar-refractivity contribution in [3.05, 3.63) is 59.7 Å². The van der Waals surface area contributed by atoms with Crippen LogP contribution in [0.1, 0.15) is 36.9 Å². The second kappa shape index (κ2) is 8.38. The quantitative estimate of drug-likeness (QED) is 0.730. The van der Waals surface area contributed by atoms with Gasteiger partial charge in [0.2, 0.25) is 5.91 Å². The Bertz CT molecular complexity index is 877. The first-order valence-electron chi connectivity index (χ1n) is 9.86. The van der Waals surface area contributed by atoms with Gasteiger partial charge in [-0.3, -0.25) is 4.79 Å². The Morgan fingerprint density at radius 3 is 2.86 bits per heavy atom. The Morgan fingerprint density at radius 1 is 1.18 bits per heavy atom. The smallest absolute Gasteiger partial charge is 0.247 e. The number of carbonyl (C=O) groups excluding carboxylic acids is 1. The van der Waals surface area contributed by atoms with Gasteiger partial charge >= 0.3 is 0 Å². The van der Waals surface area contributed by atoms with Gasteiger partial charge in [-0.1, -0.05) is 24.3 Å². The van der Waals surface area contributed by atoms with Crippen LogP contribution in [0.25, 0.3) is 6.08 Å². The minimum atomic E-state index is 0.0173. The number of rotatable bonds is 5. The summed E-state index contributed by atoms with van der Waals surface area (Å²) in [6, 6.07) is 13.8. The van der Waals surface area contributed by atoms with Crippen LogP contribution < -0.4 is 14.2 Å². The molecule has 0 radical (unpaired) electrons. The Morgan fingerprint density at radius 2 is 2.00 bits per heavy atom. The summed E-state index contributed by atoms with van der Waals surface area (Å²) < 4.78 is 16.9. The molecule has 0 aromatic heterocycles. The number of carbonyl (C=O) groups is 1. The molecule has 2 aromatic rings. The Labute approximate surface area is 165 Å². The Kier molecular flexibility index (Phi) is 5.51. The summed E-state index contributed by atoms with van der Waals surface area (Å²) in [5, 5.41) is 0. The van der Waals surface area contributed by atoms with E-state index in [9.17, 15) is 4.79 Å². The van der Waals surface area contributed by atoms with E-state index in [1.807, 2.05) is 60.4 Å². The Balaban J connectivity index is 1.51. The minimum absolute atomic E-state index is 0.0173. The van der Waals surface area contributed by atoms with E-state index in [0.717, 1.165) is 47.8 Å². The summed E-state index contributed by atoms with van der Waals surface area (Å²) in [7, 11) is 0. The molecule has 2 heterocycles. The minimum Gasteiger partial charge on any atom is -0.493 e. The normalized spacial score (nSPS) is 18.5. The van der Waals surface area contributed by atoms with Crippen LogP contribution in [0.5, 0.6) is 17.2 Å². The lowest BCUT2D eigenvalue weighted by atomic mass is 10.0. The first-order chi connectivity index (χ1) is 13.8. The molecule has 0 bridgehead atoms. The molecule has 0 N–H and O–H groups in total. The van der Waals surface area contributed by atoms with Gasteiger partial charge in [0.25, 0.3) is 0 Å². The van der Waals surface area contributed by atoms with E-state index in [-0.39, 0.29) is 11.9 Å². The topological polar surface area (TPSA) is 48.0 Å². The van der Waals surface area contributed by atoms with Gasteiger partial charge in [-0.25, -0.2) is 0 Å². The summed E-state index contributed by atoms with van der Waals surface area (Å²) in [5.41, 5.74) is 2.01. The lowest BCUT2D eigenvalue weighted by Crippen LogP contribution is -2.29. The van der Waals surface area contributed by atoms with Gasteiger partial charge in [-0.15, -0.1) is 0 Å². The zero-order chi connectivity index (χ0) is 19.3. The molecule has 0 spiro atoms. The highest BCUT2D eigenvalue weighted by molar-refractivity contribution is 5.92. The van der Waals surface area contributed by atoms with Crippen molar-refractivity contribution in [3.63, 3.8) is 0 Å². The van der Waals surface area contributed by atoms with Gasteiger partial charge in [0.15, 0.2) is 11.5 Å². The third-order valence-electron chi connectivity index (χ3n) is 5.11. The van der Waals surface area contributed by atoms with Crippen molar-refractivity contribution in [1.82, 2.24) is 4.90 Å². The van der Waals surface area contributed by atoms with Crippen molar-refractivity contribution >= 4 is 12.0 Å². The summed E-state index contributed by atoms with van der Waals surface area (Å²) in [5.74, 6) is 2.35. The molecule has 0 saturated carbocycles. The van der Waals surface area contributed by atoms with Crippen LogP contribution in [0.2, 0.25) is 0 Å². The van der Waals surface area contributed by atoms with E-state index in [0.29, 0.717) is 19.8 Å². The molecular formula is C23H25NO4. The number of nitrogens with zero attached hydrogens (tertiary/aromatic N) is 1. The molecule has 5 heteroatoms. The van der Waals surface area contributed by atoms with Crippen molar-refractivity contribution in [2.45, 2.75) is 25.8 Å². The lowest BCUT2D eigenvalue weighted by molar-refractivity contribution is -0.126. The van der Waals surface area contributed by atoms with Crippen molar-refractivity contribution in [2.75, 3.05) is 26.4 Å². The fourth-order valence-electron chi connectivity index (χ4n) is 3.81. The maximum absolute atomic E-state index is 12.9. The maximum Gasteiger partial charge on any atom is 0.247 e. The number of para-hydroxylation sites is 1. The second-order valence-electron chi connectivity index (χ2n) is 6.90. The monoisotopic (exact) mass is 379 g/mol. The number of hydrogen-bond acceptors (Lipinski definition) is 4. The maximum atomic E-state index is 12.9. The van der Waals surface area contributed by atoms with E-state index in [1.54, 1.807) is 6.08 Å². The molecule has 28 heavy (non-hydrogen) atoms. The van der Waals surface area contributed by atoms with Crippen molar-refractivity contribution in [2.24, 2.45) is 0 Å². The molecule has 146 valence electrons. The average Bonchev–Trinajstić information content (AvgIpc) is 3.23. The highest BCUT2D eigenvalue weighted by Crippen LogP contribution is 2.38. The molecule has 2 aliphatic rings. The lowest BCUT2D eigenvalue weighted by Gasteiger charge is -2.26. The van der Waals surface area contributed by atoms with Crippen LogP contribution >= 0.6 is 0 Å². The second-order valence-corrected chi connectivity index (χ2v) is 6.90. The van der Waals surface area contributed by atoms with Crippen LogP contribution in [-0.2, 0) is 4.79 Å². The molecule has 2 aliphatic heterocycles. The van der Waals surface area contributed by atoms with Crippen LogP contribution in [-0.4, -0.2) is 37.2 Å². The fourth-order valence-corrected chi connectivity index (χ4v) is 3.81. The molecule has 2 aromatic carbocycles. The number of amides is 1. The largest absolute Gasteiger partial charge is 0.493 e. The third kappa shape index (κ3) is 3.84. The third-order valence-corrected chi connectivity index (χ3v) is 5.11. The summed E-state index contributed by atoms with van der Waals surface area (Å²) in [6.07, 6.45) is 5.43. The van der Waals surface area contributed by atoms with Crippen LogP contribution in [0.15, 0.2) is 48.5 Å². The van der Waals surface area contributed by atoms with Crippen LogP contribution in [0, 0.1) is 0 Å².